The second-order valence-electron chi connectivity index (χ2n) is 5.58. The molecule has 1 aromatic heterocycles. The number of aromatic nitrogens is 2. The summed E-state index contributed by atoms with van der Waals surface area (Å²) in [7, 11) is -1.97. The van der Waals surface area contributed by atoms with E-state index in [4.69, 9.17) is 4.74 Å². The van der Waals surface area contributed by atoms with E-state index in [0.29, 0.717) is 39.2 Å². The molecule has 0 radical (unpaired) electrons. The third-order valence-corrected chi connectivity index (χ3v) is 6.68. The van der Waals surface area contributed by atoms with E-state index in [2.05, 4.69) is 9.36 Å². The van der Waals surface area contributed by atoms with Gasteiger partial charge in [-0.25, -0.2) is 17.8 Å². The van der Waals surface area contributed by atoms with Crippen molar-refractivity contribution in [1.29, 1.82) is 0 Å². The van der Waals surface area contributed by atoms with Gasteiger partial charge in [-0.05, 0) is 24.3 Å². The van der Waals surface area contributed by atoms with Gasteiger partial charge in [0.1, 0.15) is 11.6 Å². The molecular weight excluding hydrogens is 367 g/mol. The number of nitrogens with zero attached hydrogens (tertiary/aromatic N) is 4. The van der Waals surface area contributed by atoms with Crippen molar-refractivity contribution in [3.05, 3.63) is 35.9 Å². The fraction of sp³-hybridized carbons (Fsp3) is 0.467. The Hall–Kier alpha value is -1.62. The second-order valence-corrected chi connectivity index (χ2v) is 8.25. The molecule has 2 aromatic rings. The first-order valence-corrected chi connectivity index (χ1v) is 10.0. The average Bonchev–Trinajstić information content (AvgIpc) is 3.09. The number of piperazine rings is 1. The van der Waals surface area contributed by atoms with E-state index < -0.39 is 15.8 Å². The summed E-state index contributed by atoms with van der Waals surface area (Å²) < 4.78 is 49.0. The van der Waals surface area contributed by atoms with Gasteiger partial charge in [0.15, 0.2) is 0 Å². The molecule has 1 fully saturated rings. The minimum absolute atomic E-state index is 0.111. The molecule has 3 rings (SSSR count). The van der Waals surface area contributed by atoms with Crippen LogP contribution >= 0.6 is 11.5 Å². The summed E-state index contributed by atoms with van der Waals surface area (Å²) >= 11 is 1.31. The molecule has 1 aliphatic heterocycles. The van der Waals surface area contributed by atoms with Gasteiger partial charge in [0, 0.05) is 51.2 Å². The Balaban J connectivity index is 1.63. The summed E-state index contributed by atoms with van der Waals surface area (Å²) in [4.78, 5) is 6.61. The zero-order valence-corrected chi connectivity index (χ0v) is 15.4. The number of hydrogen-bond donors (Lipinski definition) is 0. The lowest BCUT2D eigenvalue weighted by Gasteiger charge is -2.33. The third kappa shape index (κ3) is 4.14. The monoisotopic (exact) mass is 386 g/mol. The Bertz CT molecular complexity index is 802. The van der Waals surface area contributed by atoms with Crippen molar-refractivity contribution in [1.82, 2.24) is 13.7 Å². The van der Waals surface area contributed by atoms with Crippen LogP contribution < -0.4 is 4.90 Å². The Labute approximate surface area is 150 Å². The fourth-order valence-electron chi connectivity index (χ4n) is 2.54. The van der Waals surface area contributed by atoms with Gasteiger partial charge < -0.3 is 9.64 Å². The first-order chi connectivity index (χ1) is 12.0. The van der Waals surface area contributed by atoms with Crippen LogP contribution in [0.1, 0.15) is 5.82 Å². The lowest BCUT2D eigenvalue weighted by Crippen LogP contribution is -2.48. The van der Waals surface area contributed by atoms with Crippen molar-refractivity contribution in [3.63, 3.8) is 0 Å². The Morgan fingerprint density at radius 3 is 2.52 bits per heavy atom. The van der Waals surface area contributed by atoms with Gasteiger partial charge in [0.25, 0.3) is 0 Å². The van der Waals surface area contributed by atoms with E-state index in [0.717, 1.165) is 23.1 Å². The maximum absolute atomic E-state index is 13.0. The van der Waals surface area contributed by atoms with Gasteiger partial charge in [-0.3, -0.25) is 0 Å². The normalized spacial score (nSPS) is 16.3. The highest BCUT2D eigenvalue weighted by atomic mass is 32.2. The van der Waals surface area contributed by atoms with Crippen LogP contribution in [0.5, 0.6) is 0 Å². The van der Waals surface area contributed by atoms with Crippen LogP contribution in [0.25, 0.3) is 0 Å². The van der Waals surface area contributed by atoms with E-state index in [1.165, 1.54) is 28.0 Å². The molecule has 2 heterocycles. The smallest absolute Gasteiger partial charge is 0.243 e. The summed E-state index contributed by atoms with van der Waals surface area (Å²) in [6.07, 6.45) is 0.659. The SMILES string of the molecule is COCCc1nsc(N2CCN(S(=O)(=O)c3ccc(F)cc3)CC2)n1. The summed E-state index contributed by atoms with van der Waals surface area (Å²) in [6, 6.07) is 4.91. The number of hydrogen-bond acceptors (Lipinski definition) is 7. The van der Waals surface area contributed by atoms with Crippen LogP contribution in [0.4, 0.5) is 9.52 Å². The standard InChI is InChI=1S/C15H19FN4O3S2/c1-23-11-6-14-17-15(24-18-14)19-7-9-20(10-8-19)25(21,22)13-4-2-12(16)3-5-13/h2-5H,6-11H2,1H3. The second kappa shape index (κ2) is 7.73. The largest absolute Gasteiger partial charge is 0.384 e. The topological polar surface area (TPSA) is 75.6 Å². The number of anilines is 1. The predicted octanol–water partition coefficient (Wildman–Crippen LogP) is 1.38. The zero-order chi connectivity index (χ0) is 17.9. The highest BCUT2D eigenvalue weighted by molar-refractivity contribution is 7.89. The van der Waals surface area contributed by atoms with Crippen molar-refractivity contribution in [2.45, 2.75) is 11.3 Å². The van der Waals surface area contributed by atoms with Gasteiger partial charge in [-0.1, -0.05) is 0 Å². The molecule has 0 saturated carbocycles. The van der Waals surface area contributed by atoms with Gasteiger partial charge in [0.05, 0.1) is 11.5 Å². The summed E-state index contributed by atoms with van der Waals surface area (Å²) in [5.41, 5.74) is 0. The van der Waals surface area contributed by atoms with Crippen molar-refractivity contribution in [2.75, 3.05) is 44.8 Å². The van der Waals surface area contributed by atoms with Crippen molar-refractivity contribution < 1.29 is 17.5 Å². The van der Waals surface area contributed by atoms with E-state index >= 15 is 0 Å². The summed E-state index contributed by atoms with van der Waals surface area (Å²) in [6.45, 7) is 2.36. The highest BCUT2D eigenvalue weighted by Crippen LogP contribution is 2.22. The van der Waals surface area contributed by atoms with Crippen LogP contribution in [0.3, 0.4) is 0 Å². The van der Waals surface area contributed by atoms with Crippen LogP contribution in [-0.2, 0) is 21.2 Å². The molecule has 0 amide bonds. The van der Waals surface area contributed by atoms with Crippen LogP contribution in [0.2, 0.25) is 0 Å². The lowest BCUT2D eigenvalue weighted by atomic mass is 10.4. The molecule has 0 spiro atoms. The van der Waals surface area contributed by atoms with Crippen molar-refractivity contribution >= 4 is 26.7 Å². The number of halogens is 1. The van der Waals surface area contributed by atoms with E-state index in [1.54, 1.807) is 7.11 Å². The highest BCUT2D eigenvalue weighted by Gasteiger charge is 2.29. The van der Waals surface area contributed by atoms with E-state index in [-0.39, 0.29) is 4.90 Å². The van der Waals surface area contributed by atoms with E-state index in [1.807, 2.05) is 4.90 Å². The molecule has 0 unspecified atom stereocenters. The Morgan fingerprint density at radius 1 is 1.20 bits per heavy atom. The summed E-state index contributed by atoms with van der Waals surface area (Å²) in [5.74, 6) is 0.285. The lowest BCUT2D eigenvalue weighted by molar-refractivity contribution is 0.201. The first-order valence-electron chi connectivity index (χ1n) is 7.83. The van der Waals surface area contributed by atoms with E-state index in [9.17, 15) is 12.8 Å². The molecule has 0 bridgehead atoms. The molecule has 25 heavy (non-hydrogen) atoms. The van der Waals surface area contributed by atoms with Gasteiger partial charge in [-0.2, -0.15) is 8.68 Å². The quantitative estimate of drug-likeness (QED) is 0.747. The zero-order valence-electron chi connectivity index (χ0n) is 13.8. The third-order valence-electron chi connectivity index (χ3n) is 3.95. The minimum Gasteiger partial charge on any atom is -0.384 e. The number of ether oxygens (including phenoxy) is 1. The first kappa shape index (κ1) is 18.2. The fourth-order valence-corrected chi connectivity index (χ4v) is 4.73. The molecule has 7 nitrogen and oxygen atoms in total. The van der Waals surface area contributed by atoms with Gasteiger partial charge >= 0.3 is 0 Å². The van der Waals surface area contributed by atoms with Gasteiger partial charge in [0.2, 0.25) is 15.2 Å². The number of methoxy groups -OCH3 is 1. The Kier molecular flexibility index (Phi) is 5.62. The predicted molar refractivity (Wildman–Crippen MR) is 92.9 cm³/mol. The molecule has 10 heteroatoms. The molecule has 0 aliphatic carbocycles. The van der Waals surface area contributed by atoms with Crippen LogP contribution in [-0.4, -0.2) is 62.0 Å². The Morgan fingerprint density at radius 2 is 1.88 bits per heavy atom. The van der Waals surface area contributed by atoms with Crippen LogP contribution in [0.15, 0.2) is 29.2 Å². The number of rotatable bonds is 6. The molecule has 1 saturated heterocycles. The number of benzene rings is 1. The summed E-state index contributed by atoms with van der Waals surface area (Å²) in [5, 5.41) is 0.796. The average molecular weight is 386 g/mol. The molecular formula is C15H19FN4O3S2. The van der Waals surface area contributed by atoms with Crippen molar-refractivity contribution in [3.8, 4) is 0 Å². The van der Waals surface area contributed by atoms with Gasteiger partial charge in [-0.15, -0.1) is 0 Å². The van der Waals surface area contributed by atoms with Crippen molar-refractivity contribution in [2.24, 2.45) is 0 Å². The molecule has 1 aliphatic rings. The molecule has 1 aromatic carbocycles. The molecule has 0 N–H and O–H groups in total. The maximum Gasteiger partial charge on any atom is 0.243 e. The van der Waals surface area contributed by atoms with Crippen LogP contribution in [0, 0.1) is 5.82 Å². The maximum atomic E-state index is 13.0. The molecule has 136 valence electrons. The number of sulfonamides is 1. The molecule has 0 atom stereocenters. The minimum atomic E-state index is -3.60.